The molecule has 1 amide bonds. The summed E-state index contributed by atoms with van der Waals surface area (Å²) in [5.74, 6) is 0.0221. The lowest BCUT2D eigenvalue weighted by atomic mass is 10.2. The maximum atomic E-state index is 13.5. The minimum atomic E-state index is -0.336. The highest BCUT2D eigenvalue weighted by Crippen LogP contribution is 2.31. The van der Waals surface area contributed by atoms with Crippen molar-refractivity contribution in [2.24, 2.45) is 0 Å². The first-order chi connectivity index (χ1) is 17.1. The molecule has 0 aliphatic heterocycles. The van der Waals surface area contributed by atoms with E-state index in [0.29, 0.717) is 34.2 Å². The standard InChI is InChI=1S/C26H18FN5O2S/c27-19-12-10-18(11-13-19)25-30-31-26(32(25)15-17-6-2-1-3-7-17)35-16-23(33)29-24-20-8-4-5-9-21(20)34-22(24)14-28/h1-13H,15-16H2,(H,29,33). The van der Waals surface area contributed by atoms with Crippen LogP contribution in [0.5, 0.6) is 0 Å². The maximum absolute atomic E-state index is 13.5. The van der Waals surface area contributed by atoms with Gasteiger partial charge in [0, 0.05) is 10.9 Å². The molecule has 1 N–H and O–H groups in total. The molecule has 5 aromatic rings. The number of halogens is 1. The van der Waals surface area contributed by atoms with Gasteiger partial charge in [0.1, 0.15) is 23.2 Å². The molecule has 0 atom stereocenters. The van der Waals surface area contributed by atoms with Gasteiger partial charge >= 0.3 is 0 Å². The molecule has 35 heavy (non-hydrogen) atoms. The number of aromatic nitrogens is 3. The molecule has 0 saturated carbocycles. The van der Waals surface area contributed by atoms with Gasteiger partial charge in [-0.25, -0.2) is 4.39 Å². The van der Waals surface area contributed by atoms with Crippen molar-refractivity contribution in [3.63, 3.8) is 0 Å². The van der Waals surface area contributed by atoms with E-state index in [1.54, 1.807) is 30.3 Å². The molecule has 2 aromatic heterocycles. The molecule has 2 heterocycles. The third kappa shape index (κ3) is 4.78. The van der Waals surface area contributed by atoms with Crippen LogP contribution in [0, 0.1) is 17.1 Å². The molecule has 0 saturated heterocycles. The fourth-order valence-electron chi connectivity index (χ4n) is 3.67. The zero-order valence-corrected chi connectivity index (χ0v) is 19.1. The van der Waals surface area contributed by atoms with Crippen molar-refractivity contribution in [3.8, 4) is 17.5 Å². The summed E-state index contributed by atoms with van der Waals surface area (Å²) in [6, 6.07) is 25.0. The van der Waals surface area contributed by atoms with Crippen LogP contribution in [0.15, 0.2) is 88.4 Å². The number of para-hydroxylation sites is 1. The summed E-state index contributed by atoms with van der Waals surface area (Å²) in [6.45, 7) is 0.482. The average molecular weight is 484 g/mol. The van der Waals surface area contributed by atoms with Crippen LogP contribution in [0.4, 0.5) is 10.1 Å². The normalized spacial score (nSPS) is 10.9. The van der Waals surface area contributed by atoms with E-state index in [-0.39, 0.29) is 23.2 Å². The lowest BCUT2D eigenvalue weighted by molar-refractivity contribution is -0.113. The maximum Gasteiger partial charge on any atom is 0.234 e. The summed E-state index contributed by atoms with van der Waals surface area (Å²) < 4.78 is 20.9. The number of hydrogen-bond donors (Lipinski definition) is 1. The summed E-state index contributed by atoms with van der Waals surface area (Å²) in [7, 11) is 0. The minimum Gasteiger partial charge on any atom is -0.443 e. The number of thioether (sulfide) groups is 1. The summed E-state index contributed by atoms with van der Waals surface area (Å²) in [5.41, 5.74) is 2.63. The Morgan fingerprint density at radius 3 is 2.54 bits per heavy atom. The number of furan rings is 1. The zero-order chi connectivity index (χ0) is 24.2. The third-order valence-corrected chi connectivity index (χ3v) is 6.26. The number of nitriles is 1. The minimum absolute atomic E-state index is 0.0424. The van der Waals surface area contributed by atoms with Gasteiger partial charge in [-0.2, -0.15) is 5.26 Å². The van der Waals surface area contributed by atoms with Gasteiger partial charge in [-0.05, 0) is 42.0 Å². The Bertz CT molecular complexity index is 1540. The van der Waals surface area contributed by atoms with Gasteiger partial charge < -0.3 is 9.73 Å². The van der Waals surface area contributed by atoms with Crippen LogP contribution in [0.25, 0.3) is 22.4 Å². The second kappa shape index (κ2) is 9.83. The van der Waals surface area contributed by atoms with Crippen molar-refractivity contribution in [2.75, 3.05) is 11.1 Å². The molecule has 0 fully saturated rings. The van der Waals surface area contributed by atoms with Crippen LogP contribution in [0.2, 0.25) is 0 Å². The number of fused-ring (bicyclic) bond motifs is 1. The second-order valence-corrected chi connectivity index (χ2v) is 8.58. The molecule has 5 rings (SSSR count). The monoisotopic (exact) mass is 483 g/mol. The van der Waals surface area contributed by atoms with Crippen molar-refractivity contribution in [3.05, 3.63) is 96.0 Å². The number of hydrogen-bond acceptors (Lipinski definition) is 6. The summed E-state index contributed by atoms with van der Waals surface area (Å²) >= 11 is 1.22. The highest BCUT2D eigenvalue weighted by atomic mass is 32.2. The third-order valence-electron chi connectivity index (χ3n) is 5.30. The van der Waals surface area contributed by atoms with Crippen molar-refractivity contribution < 1.29 is 13.6 Å². The molecule has 0 spiro atoms. The number of carbonyl (C=O) groups is 1. The van der Waals surface area contributed by atoms with Crippen LogP contribution < -0.4 is 5.32 Å². The van der Waals surface area contributed by atoms with E-state index in [2.05, 4.69) is 15.5 Å². The Labute approximate surface area is 204 Å². The largest absolute Gasteiger partial charge is 0.443 e. The summed E-state index contributed by atoms with van der Waals surface area (Å²) in [6.07, 6.45) is 0. The lowest BCUT2D eigenvalue weighted by Gasteiger charge is -2.11. The Balaban J connectivity index is 1.39. The molecule has 0 unspecified atom stereocenters. The number of nitrogens with zero attached hydrogens (tertiary/aromatic N) is 4. The molecular formula is C26H18FN5O2S. The predicted molar refractivity (Wildman–Crippen MR) is 131 cm³/mol. The molecule has 0 aliphatic carbocycles. The Morgan fingerprint density at radius 1 is 1.03 bits per heavy atom. The van der Waals surface area contributed by atoms with Crippen molar-refractivity contribution in [2.45, 2.75) is 11.7 Å². The Kier molecular flexibility index (Phi) is 6.28. The SMILES string of the molecule is N#Cc1oc2ccccc2c1NC(=O)CSc1nnc(-c2ccc(F)cc2)n1Cc1ccccc1. The quantitative estimate of drug-likeness (QED) is 0.308. The first kappa shape index (κ1) is 22.4. The van der Waals surface area contributed by atoms with E-state index in [1.807, 2.05) is 47.0 Å². The smallest absolute Gasteiger partial charge is 0.234 e. The molecule has 172 valence electrons. The lowest BCUT2D eigenvalue weighted by Crippen LogP contribution is -2.15. The molecule has 9 heteroatoms. The number of anilines is 1. The molecule has 0 radical (unpaired) electrons. The van der Waals surface area contributed by atoms with Crippen LogP contribution in [-0.4, -0.2) is 26.4 Å². The topological polar surface area (TPSA) is 96.7 Å². The van der Waals surface area contributed by atoms with Gasteiger partial charge in [-0.15, -0.1) is 10.2 Å². The predicted octanol–water partition coefficient (Wildman–Crippen LogP) is 5.48. The van der Waals surface area contributed by atoms with Crippen molar-refractivity contribution >= 4 is 34.3 Å². The van der Waals surface area contributed by atoms with E-state index in [9.17, 15) is 14.4 Å². The van der Waals surface area contributed by atoms with E-state index >= 15 is 0 Å². The number of amides is 1. The van der Waals surface area contributed by atoms with Gasteiger partial charge in [0.15, 0.2) is 11.0 Å². The molecule has 7 nitrogen and oxygen atoms in total. The number of benzene rings is 3. The van der Waals surface area contributed by atoms with Gasteiger partial charge in [0.25, 0.3) is 0 Å². The van der Waals surface area contributed by atoms with Gasteiger partial charge in [-0.3, -0.25) is 9.36 Å². The first-order valence-corrected chi connectivity index (χ1v) is 11.7. The van der Waals surface area contributed by atoms with Crippen LogP contribution in [-0.2, 0) is 11.3 Å². The van der Waals surface area contributed by atoms with E-state index in [0.717, 1.165) is 11.1 Å². The zero-order valence-electron chi connectivity index (χ0n) is 18.3. The number of nitrogens with one attached hydrogen (secondary N) is 1. The molecule has 0 bridgehead atoms. The number of rotatable bonds is 7. The average Bonchev–Trinajstić information content (AvgIpc) is 3.45. The summed E-state index contributed by atoms with van der Waals surface area (Å²) in [5, 5.41) is 22.0. The Morgan fingerprint density at radius 2 is 1.77 bits per heavy atom. The molecular weight excluding hydrogens is 465 g/mol. The van der Waals surface area contributed by atoms with Crippen LogP contribution >= 0.6 is 11.8 Å². The van der Waals surface area contributed by atoms with Gasteiger partial charge in [-0.1, -0.05) is 54.2 Å². The van der Waals surface area contributed by atoms with E-state index < -0.39 is 0 Å². The van der Waals surface area contributed by atoms with Gasteiger partial charge in [0.2, 0.25) is 11.7 Å². The van der Waals surface area contributed by atoms with Crippen LogP contribution in [0.1, 0.15) is 11.3 Å². The second-order valence-electron chi connectivity index (χ2n) is 7.64. The van der Waals surface area contributed by atoms with Crippen LogP contribution in [0.3, 0.4) is 0 Å². The number of carbonyl (C=O) groups excluding carboxylic acids is 1. The fourth-order valence-corrected chi connectivity index (χ4v) is 4.41. The van der Waals surface area contributed by atoms with Crippen molar-refractivity contribution in [1.82, 2.24) is 14.8 Å². The highest BCUT2D eigenvalue weighted by Gasteiger charge is 2.19. The first-order valence-electron chi connectivity index (χ1n) is 10.7. The fraction of sp³-hybridized carbons (Fsp3) is 0.0769. The van der Waals surface area contributed by atoms with Crippen molar-refractivity contribution in [1.29, 1.82) is 5.26 Å². The molecule has 3 aromatic carbocycles. The summed E-state index contributed by atoms with van der Waals surface area (Å²) in [4.78, 5) is 12.8. The van der Waals surface area contributed by atoms with E-state index in [1.165, 1.54) is 23.9 Å². The highest BCUT2D eigenvalue weighted by molar-refractivity contribution is 7.99. The van der Waals surface area contributed by atoms with Gasteiger partial charge in [0.05, 0.1) is 12.3 Å². The van der Waals surface area contributed by atoms with E-state index in [4.69, 9.17) is 4.42 Å². The molecule has 0 aliphatic rings. The Hall–Kier alpha value is -4.42.